The molecule has 2 rings (SSSR count). The molecule has 1 aromatic carbocycles. The molecule has 0 unspecified atom stereocenters. The van der Waals surface area contributed by atoms with E-state index in [-0.39, 0.29) is 5.82 Å². The summed E-state index contributed by atoms with van der Waals surface area (Å²) in [5, 5.41) is 9.63. The van der Waals surface area contributed by atoms with Gasteiger partial charge in [-0.1, -0.05) is 6.07 Å². The van der Waals surface area contributed by atoms with Crippen LogP contribution in [-0.4, -0.2) is 10.7 Å². The van der Waals surface area contributed by atoms with Crippen LogP contribution in [0, 0.1) is 12.7 Å². The molecule has 0 bridgehead atoms. The van der Waals surface area contributed by atoms with Gasteiger partial charge in [-0.3, -0.25) is 0 Å². The molecule has 14 heavy (non-hydrogen) atoms. The topological polar surface area (TPSA) is 20.2 Å². The average molecular weight is 194 g/mol. The van der Waals surface area contributed by atoms with Gasteiger partial charge in [0.25, 0.3) is 0 Å². The monoisotopic (exact) mass is 194 g/mol. The minimum atomic E-state index is -0.430. The van der Waals surface area contributed by atoms with Gasteiger partial charge in [0.15, 0.2) is 0 Å². The summed E-state index contributed by atoms with van der Waals surface area (Å²) < 4.78 is 13.0. The first kappa shape index (κ1) is 9.66. The van der Waals surface area contributed by atoms with Gasteiger partial charge in [0.1, 0.15) is 5.82 Å². The van der Waals surface area contributed by atoms with Crippen molar-refractivity contribution in [1.82, 2.24) is 0 Å². The molecule has 0 amide bonds. The summed E-state index contributed by atoms with van der Waals surface area (Å²) >= 11 is 0. The van der Waals surface area contributed by atoms with Gasteiger partial charge in [-0.2, -0.15) is 0 Å². The first-order valence-electron chi connectivity index (χ1n) is 5.06. The third-order valence-electron chi connectivity index (χ3n) is 2.81. The zero-order valence-corrected chi connectivity index (χ0v) is 8.39. The molecule has 76 valence electrons. The maximum atomic E-state index is 13.0. The Kier molecular flexibility index (Phi) is 2.31. The van der Waals surface area contributed by atoms with Crippen LogP contribution in [0.25, 0.3) is 0 Å². The quantitative estimate of drug-likeness (QED) is 0.784. The first-order chi connectivity index (χ1) is 6.57. The number of halogens is 1. The van der Waals surface area contributed by atoms with Gasteiger partial charge < -0.3 is 5.11 Å². The molecule has 0 spiro atoms. The Bertz CT molecular complexity index is 322. The second-order valence-corrected chi connectivity index (χ2v) is 4.36. The van der Waals surface area contributed by atoms with Crippen molar-refractivity contribution < 1.29 is 9.50 Å². The van der Waals surface area contributed by atoms with E-state index in [1.165, 1.54) is 6.07 Å². The molecule has 1 fully saturated rings. The Morgan fingerprint density at radius 1 is 1.36 bits per heavy atom. The number of aryl methyl sites for hydroxylation is 2. The van der Waals surface area contributed by atoms with Crippen LogP contribution in [0.15, 0.2) is 18.2 Å². The summed E-state index contributed by atoms with van der Waals surface area (Å²) in [6.45, 7) is 1.89. The molecule has 0 aromatic heterocycles. The van der Waals surface area contributed by atoms with E-state index in [0.717, 1.165) is 36.8 Å². The number of rotatable bonds is 3. The Morgan fingerprint density at radius 2 is 2.07 bits per heavy atom. The van der Waals surface area contributed by atoms with Crippen LogP contribution >= 0.6 is 0 Å². The molecule has 1 aliphatic rings. The zero-order chi connectivity index (χ0) is 10.2. The average Bonchev–Trinajstić information content (AvgIpc) is 2.80. The number of aliphatic hydroxyl groups is 1. The summed E-state index contributed by atoms with van der Waals surface area (Å²) in [6.07, 6.45) is 3.34. The molecular weight excluding hydrogens is 179 g/mol. The maximum absolute atomic E-state index is 13.0. The van der Waals surface area contributed by atoms with Crippen molar-refractivity contribution in [1.29, 1.82) is 0 Å². The number of hydrogen-bond donors (Lipinski definition) is 1. The lowest BCUT2D eigenvalue weighted by Gasteiger charge is -2.07. The lowest BCUT2D eigenvalue weighted by molar-refractivity contribution is 0.140. The Hall–Kier alpha value is -0.890. The largest absolute Gasteiger partial charge is 0.390 e. The van der Waals surface area contributed by atoms with Crippen molar-refractivity contribution in [2.45, 2.75) is 38.2 Å². The second kappa shape index (κ2) is 3.35. The Balaban J connectivity index is 2.01. The molecule has 1 N–H and O–H groups in total. The van der Waals surface area contributed by atoms with Gasteiger partial charge in [0.2, 0.25) is 0 Å². The number of hydrogen-bond acceptors (Lipinski definition) is 1. The molecule has 2 heteroatoms. The maximum Gasteiger partial charge on any atom is 0.123 e. The van der Waals surface area contributed by atoms with Gasteiger partial charge in [-0.05, 0) is 55.9 Å². The molecular formula is C12H15FO. The first-order valence-corrected chi connectivity index (χ1v) is 5.06. The van der Waals surface area contributed by atoms with Gasteiger partial charge in [0.05, 0.1) is 5.60 Å². The highest BCUT2D eigenvalue weighted by Crippen LogP contribution is 2.39. The van der Waals surface area contributed by atoms with Crippen LogP contribution in [0.1, 0.15) is 30.4 Å². The predicted molar refractivity (Wildman–Crippen MR) is 53.6 cm³/mol. The van der Waals surface area contributed by atoms with Crippen molar-refractivity contribution >= 4 is 0 Å². The van der Waals surface area contributed by atoms with Crippen molar-refractivity contribution in [3.05, 3.63) is 35.1 Å². The molecule has 0 heterocycles. The van der Waals surface area contributed by atoms with Crippen molar-refractivity contribution in [2.24, 2.45) is 0 Å². The molecule has 0 atom stereocenters. The fourth-order valence-electron chi connectivity index (χ4n) is 1.73. The van der Waals surface area contributed by atoms with E-state index in [0.29, 0.717) is 0 Å². The predicted octanol–water partition coefficient (Wildman–Crippen LogP) is 2.59. The Labute approximate surface area is 83.6 Å². The van der Waals surface area contributed by atoms with Gasteiger partial charge in [-0.15, -0.1) is 0 Å². The molecule has 1 aliphatic carbocycles. The van der Waals surface area contributed by atoms with E-state index in [2.05, 4.69) is 0 Å². The standard InChI is InChI=1S/C12H15FO/c1-9-6-10(8-11(13)7-9)2-3-12(14)4-5-12/h6-8,14H,2-5H2,1H3. The Morgan fingerprint density at radius 3 is 2.64 bits per heavy atom. The molecule has 1 nitrogen and oxygen atoms in total. The summed E-state index contributed by atoms with van der Waals surface area (Å²) in [5.74, 6) is -0.178. The highest BCUT2D eigenvalue weighted by molar-refractivity contribution is 5.24. The third-order valence-corrected chi connectivity index (χ3v) is 2.81. The summed E-state index contributed by atoms with van der Waals surface area (Å²) in [4.78, 5) is 0. The highest BCUT2D eigenvalue weighted by Gasteiger charge is 2.39. The highest BCUT2D eigenvalue weighted by atomic mass is 19.1. The fourth-order valence-corrected chi connectivity index (χ4v) is 1.73. The van der Waals surface area contributed by atoms with Crippen LogP contribution in [0.4, 0.5) is 4.39 Å². The number of benzene rings is 1. The molecule has 1 saturated carbocycles. The van der Waals surface area contributed by atoms with Crippen LogP contribution in [-0.2, 0) is 6.42 Å². The molecule has 0 aliphatic heterocycles. The van der Waals surface area contributed by atoms with Crippen LogP contribution in [0.5, 0.6) is 0 Å². The smallest absolute Gasteiger partial charge is 0.123 e. The summed E-state index contributed by atoms with van der Waals surface area (Å²) in [5.41, 5.74) is 1.51. The molecule has 0 radical (unpaired) electrons. The summed E-state index contributed by atoms with van der Waals surface area (Å²) in [7, 11) is 0. The van der Waals surface area contributed by atoms with E-state index in [9.17, 15) is 9.50 Å². The summed E-state index contributed by atoms with van der Waals surface area (Å²) in [6, 6.07) is 5.06. The van der Waals surface area contributed by atoms with E-state index in [4.69, 9.17) is 0 Å². The van der Waals surface area contributed by atoms with E-state index in [1.807, 2.05) is 13.0 Å². The zero-order valence-electron chi connectivity index (χ0n) is 8.39. The minimum absolute atomic E-state index is 0.178. The van der Waals surface area contributed by atoms with Gasteiger partial charge in [0, 0.05) is 0 Å². The van der Waals surface area contributed by atoms with Crippen LogP contribution in [0.2, 0.25) is 0 Å². The van der Waals surface area contributed by atoms with Gasteiger partial charge >= 0.3 is 0 Å². The van der Waals surface area contributed by atoms with E-state index < -0.39 is 5.60 Å². The van der Waals surface area contributed by atoms with E-state index >= 15 is 0 Å². The normalized spacial score (nSPS) is 18.2. The lowest BCUT2D eigenvalue weighted by Crippen LogP contribution is -2.07. The molecule has 0 saturated heterocycles. The third kappa shape index (κ3) is 2.32. The lowest BCUT2D eigenvalue weighted by atomic mass is 10.0. The van der Waals surface area contributed by atoms with Crippen molar-refractivity contribution in [3.63, 3.8) is 0 Å². The van der Waals surface area contributed by atoms with Crippen LogP contribution < -0.4 is 0 Å². The second-order valence-electron chi connectivity index (χ2n) is 4.36. The van der Waals surface area contributed by atoms with Crippen LogP contribution in [0.3, 0.4) is 0 Å². The minimum Gasteiger partial charge on any atom is -0.390 e. The fraction of sp³-hybridized carbons (Fsp3) is 0.500. The molecule has 1 aromatic rings. The SMILES string of the molecule is Cc1cc(F)cc(CCC2(O)CC2)c1. The van der Waals surface area contributed by atoms with E-state index in [1.54, 1.807) is 6.07 Å². The van der Waals surface area contributed by atoms with Crippen molar-refractivity contribution in [3.8, 4) is 0 Å². The van der Waals surface area contributed by atoms with Gasteiger partial charge in [-0.25, -0.2) is 4.39 Å². The van der Waals surface area contributed by atoms with Crippen molar-refractivity contribution in [2.75, 3.05) is 0 Å².